The van der Waals surface area contributed by atoms with Crippen LogP contribution in [0, 0.1) is 0 Å². The molecule has 0 radical (unpaired) electrons. The molecule has 0 aliphatic carbocycles. The summed E-state index contributed by atoms with van der Waals surface area (Å²) in [4.78, 5) is 0. The molecule has 0 saturated carbocycles. The SMILES string of the molecule is COc1ccc(NC(c2ccccc2)c2nnc(-c3ccccc3Cl)o2)cc1Cl. The minimum atomic E-state index is -0.371. The van der Waals surface area contributed by atoms with Crippen LogP contribution in [0.15, 0.2) is 77.2 Å². The van der Waals surface area contributed by atoms with Gasteiger partial charge in [-0.1, -0.05) is 65.7 Å². The first kappa shape index (κ1) is 19.3. The lowest BCUT2D eigenvalue weighted by Gasteiger charge is -2.17. The van der Waals surface area contributed by atoms with Crippen molar-refractivity contribution in [2.24, 2.45) is 0 Å². The number of anilines is 1. The zero-order chi connectivity index (χ0) is 20.2. The maximum atomic E-state index is 6.28. The lowest BCUT2D eigenvalue weighted by Crippen LogP contribution is -2.13. The normalized spacial score (nSPS) is 11.8. The van der Waals surface area contributed by atoms with Crippen LogP contribution in [0.5, 0.6) is 5.75 Å². The Hall–Kier alpha value is -3.02. The Morgan fingerprint density at radius 2 is 1.66 bits per heavy atom. The van der Waals surface area contributed by atoms with Crippen LogP contribution in [0.25, 0.3) is 11.5 Å². The molecule has 0 aliphatic rings. The van der Waals surface area contributed by atoms with Gasteiger partial charge in [-0.25, -0.2) is 0 Å². The van der Waals surface area contributed by atoms with Crippen molar-refractivity contribution in [1.82, 2.24) is 10.2 Å². The highest BCUT2D eigenvalue weighted by molar-refractivity contribution is 6.33. The fourth-order valence-electron chi connectivity index (χ4n) is 2.95. The molecule has 29 heavy (non-hydrogen) atoms. The van der Waals surface area contributed by atoms with Gasteiger partial charge in [-0.05, 0) is 35.9 Å². The minimum absolute atomic E-state index is 0.362. The van der Waals surface area contributed by atoms with Crippen LogP contribution in [-0.2, 0) is 0 Å². The molecule has 0 aliphatic heterocycles. The number of aromatic nitrogens is 2. The molecule has 4 rings (SSSR count). The van der Waals surface area contributed by atoms with E-state index in [4.69, 9.17) is 32.4 Å². The molecule has 7 heteroatoms. The number of hydrogen-bond donors (Lipinski definition) is 1. The summed E-state index contributed by atoms with van der Waals surface area (Å²) < 4.78 is 11.2. The van der Waals surface area contributed by atoms with Crippen molar-refractivity contribution in [3.05, 3.63) is 94.3 Å². The second-order valence-electron chi connectivity index (χ2n) is 6.26. The predicted octanol–water partition coefficient (Wildman–Crippen LogP) is 6.25. The largest absolute Gasteiger partial charge is 0.495 e. The molecule has 1 N–H and O–H groups in total. The summed E-state index contributed by atoms with van der Waals surface area (Å²) in [5, 5.41) is 12.9. The van der Waals surface area contributed by atoms with E-state index in [1.165, 1.54) is 0 Å². The van der Waals surface area contributed by atoms with Gasteiger partial charge in [0, 0.05) is 5.69 Å². The summed E-state index contributed by atoms with van der Waals surface area (Å²) in [7, 11) is 1.58. The van der Waals surface area contributed by atoms with Crippen molar-refractivity contribution in [1.29, 1.82) is 0 Å². The third-order valence-electron chi connectivity index (χ3n) is 4.39. The smallest absolute Gasteiger partial charge is 0.249 e. The standard InChI is InChI=1S/C22H17Cl2N3O2/c1-28-19-12-11-15(13-18(19)24)25-20(14-7-3-2-4-8-14)22-27-26-21(29-22)16-9-5-6-10-17(16)23/h2-13,20,25H,1H3. The van der Waals surface area contributed by atoms with E-state index in [0.717, 1.165) is 11.3 Å². The van der Waals surface area contributed by atoms with Crippen LogP contribution >= 0.6 is 23.2 Å². The maximum Gasteiger partial charge on any atom is 0.249 e. The van der Waals surface area contributed by atoms with Gasteiger partial charge in [-0.3, -0.25) is 0 Å². The molecule has 0 fully saturated rings. The number of nitrogens with one attached hydrogen (secondary N) is 1. The summed E-state index contributed by atoms with van der Waals surface area (Å²) in [6.45, 7) is 0. The zero-order valence-corrected chi connectivity index (χ0v) is 17.0. The lowest BCUT2D eigenvalue weighted by atomic mass is 10.1. The number of rotatable bonds is 6. The molecule has 5 nitrogen and oxygen atoms in total. The van der Waals surface area contributed by atoms with Crippen molar-refractivity contribution in [3.8, 4) is 17.2 Å². The topological polar surface area (TPSA) is 60.2 Å². The summed E-state index contributed by atoms with van der Waals surface area (Å²) in [6, 6.07) is 22.3. The first-order valence-corrected chi connectivity index (χ1v) is 9.64. The van der Waals surface area contributed by atoms with Gasteiger partial charge in [-0.15, -0.1) is 10.2 Å². The van der Waals surface area contributed by atoms with Crippen LogP contribution in [0.1, 0.15) is 17.5 Å². The van der Waals surface area contributed by atoms with Crippen LogP contribution in [0.4, 0.5) is 5.69 Å². The van der Waals surface area contributed by atoms with Crippen LogP contribution in [0.2, 0.25) is 10.0 Å². The maximum absolute atomic E-state index is 6.28. The molecule has 0 spiro atoms. The summed E-state index contributed by atoms with van der Waals surface area (Å²) in [6.07, 6.45) is 0. The van der Waals surface area contributed by atoms with Gasteiger partial charge in [0.15, 0.2) is 0 Å². The summed E-state index contributed by atoms with van der Waals surface area (Å²) >= 11 is 12.5. The Morgan fingerprint density at radius 3 is 2.38 bits per heavy atom. The Kier molecular flexibility index (Phi) is 5.69. The summed E-state index contributed by atoms with van der Waals surface area (Å²) in [5.74, 6) is 1.38. The molecule has 1 unspecified atom stereocenters. The molecule has 0 amide bonds. The third kappa shape index (κ3) is 4.21. The van der Waals surface area contributed by atoms with Crippen LogP contribution < -0.4 is 10.1 Å². The number of benzene rings is 3. The molecule has 1 atom stereocenters. The van der Waals surface area contributed by atoms with E-state index in [-0.39, 0.29) is 6.04 Å². The minimum Gasteiger partial charge on any atom is -0.495 e. The van der Waals surface area contributed by atoms with Gasteiger partial charge in [0.25, 0.3) is 0 Å². The predicted molar refractivity (Wildman–Crippen MR) is 115 cm³/mol. The Bertz CT molecular complexity index is 1120. The second-order valence-corrected chi connectivity index (χ2v) is 7.08. The number of halogens is 2. The van der Waals surface area contributed by atoms with E-state index in [2.05, 4.69) is 15.5 Å². The highest BCUT2D eigenvalue weighted by Crippen LogP contribution is 2.33. The molecule has 146 valence electrons. The zero-order valence-electron chi connectivity index (χ0n) is 15.5. The van der Waals surface area contributed by atoms with Crippen molar-refractivity contribution in [2.75, 3.05) is 12.4 Å². The number of nitrogens with zero attached hydrogens (tertiary/aromatic N) is 2. The van der Waals surface area contributed by atoms with Gasteiger partial charge < -0.3 is 14.5 Å². The van der Waals surface area contributed by atoms with Crippen molar-refractivity contribution in [3.63, 3.8) is 0 Å². The Labute approximate surface area is 178 Å². The first-order valence-electron chi connectivity index (χ1n) is 8.89. The fraction of sp³-hybridized carbons (Fsp3) is 0.0909. The second kappa shape index (κ2) is 8.55. The number of methoxy groups -OCH3 is 1. The van der Waals surface area contributed by atoms with Crippen molar-refractivity contribution in [2.45, 2.75) is 6.04 Å². The van der Waals surface area contributed by atoms with E-state index in [9.17, 15) is 0 Å². The number of hydrogen-bond acceptors (Lipinski definition) is 5. The highest BCUT2D eigenvalue weighted by Gasteiger charge is 2.22. The quantitative estimate of drug-likeness (QED) is 0.395. The fourth-order valence-corrected chi connectivity index (χ4v) is 3.42. The van der Waals surface area contributed by atoms with Gasteiger partial charge in [0.2, 0.25) is 11.8 Å². The molecule has 4 aromatic rings. The average molecular weight is 426 g/mol. The average Bonchev–Trinajstić information content (AvgIpc) is 3.23. The van der Waals surface area contributed by atoms with E-state index in [1.54, 1.807) is 25.3 Å². The molecular weight excluding hydrogens is 409 g/mol. The van der Waals surface area contributed by atoms with Crippen molar-refractivity contribution >= 4 is 28.9 Å². The van der Waals surface area contributed by atoms with E-state index >= 15 is 0 Å². The van der Waals surface area contributed by atoms with Gasteiger partial charge in [0.1, 0.15) is 11.8 Å². The van der Waals surface area contributed by atoms with Gasteiger partial charge in [0.05, 0.1) is 22.7 Å². The van der Waals surface area contributed by atoms with Gasteiger partial charge >= 0.3 is 0 Å². The number of ether oxygens (including phenoxy) is 1. The third-order valence-corrected chi connectivity index (χ3v) is 5.01. The molecule has 3 aromatic carbocycles. The van der Waals surface area contributed by atoms with Crippen LogP contribution in [0.3, 0.4) is 0 Å². The van der Waals surface area contributed by atoms with E-state index in [0.29, 0.717) is 33.1 Å². The Balaban J connectivity index is 1.71. The van der Waals surface area contributed by atoms with Gasteiger partial charge in [-0.2, -0.15) is 0 Å². The van der Waals surface area contributed by atoms with Crippen molar-refractivity contribution < 1.29 is 9.15 Å². The molecular formula is C22H17Cl2N3O2. The molecule has 1 heterocycles. The molecule has 0 saturated heterocycles. The van der Waals surface area contributed by atoms with E-state index < -0.39 is 0 Å². The molecule has 1 aromatic heterocycles. The first-order chi connectivity index (χ1) is 14.2. The van der Waals surface area contributed by atoms with E-state index in [1.807, 2.05) is 54.6 Å². The monoisotopic (exact) mass is 425 g/mol. The lowest BCUT2D eigenvalue weighted by molar-refractivity contribution is 0.415. The Morgan fingerprint density at radius 1 is 0.897 bits per heavy atom. The van der Waals surface area contributed by atoms with Crippen LogP contribution in [-0.4, -0.2) is 17.3 Å². The summed E-state index contributed by atoms with van der Waals surface area (Å²) in [5.41, 5.74) is 2.45. The highest BCUT2D eigenvalue weighted by atomic mass is 35.5. The molecule has 0 bridgehead atoms.